The van der Waals surface area contributed by atoms with Crippen molar-refractivity contribution in [1.82, 2.24) is 20.4 Å². The van der Waals surface area contributed by atoms with Crippen molar-refractivity contribution in [3.8, 4) is 0 Å². The molecule has 3 amide bonds. The molecule has 7 heteroatoms. The lowest BCUT2D eigenvalue weighted by Gasteiger charge is -2.33. The van der Waals surface area contributed by atoms with Gasteiger partial charge in [0.2, 0.25) is 5.91 Å². The van der Waals surface area contributed by atoms with Gasteiger partial charge in [-0.2, -0.15) is 0 Å². The van der Waals surface area contributed by atoms with Gasteiger partial charge in [-0.15, -0.1) is 0 Å². The van der Waals surface area contributed by atoms with Gasteiger partial charge in [-0.1, -0.05) is 0 Å². The minimum absolute atomic E-state index is 0.160. The summed E-state index contributed by atoms with van der Waals surface area (Å²) >= 11 is 0. The molecule has 116 valence electrons. The maximum Gasteiger partial charge on any atom is 0.321 e. The topological polar surface area (TPSA) is 84.9 Å². The zero-order chi connectivity index (χ0) is 15.2. The molecule has 1 aliphatic rings. The van der Waals surface area contributed by atoms with Crippen LogP contribution in [0.2, 0.25) is 0 Å². The van der Waals surface area contributed by atoms with Crippen LogP contribution in [0.1, 0.15) is 20.8 Å². The van der Waals surface area contributed by atoms with Crippen LogP contribution in [0.15, 0.2) is 0 Å². The van der Waals surface area contributed by atoms with Crippen molar-refractivity contribution in [3.63, 3.8) is 0 Å². The van der Waals surface area contributed by atoms with Gasteiger partial charge in [0, 0.05) is 38.3 Å². The molecule has 0 aromatic heterocycles. The zero-order valence-corrected chi connectivity index (χ0v) is 12.6. The summed E-state index contributed by atoms with van der Waals surface area (Å²) in [6.07, 6.45) is 0. The van der Waals surface area contributed by atoms with Crippen molar-refractivity contribution in [2.24, 2.45) is 0 Å². The molecule has 0 bridgehead atoms. The molecule has 0 unspecified atom stereocenters. The Morgan fingerprint density at radius 3 is 2.15 bits per heavy atom. The third kappa shape index (κ3) is 6.83. The molecule has 0 aromatic rings. The number of imide groups is 1. The highest BCUT2D eigenvalue weighted by atomic mass is 16.3. The molecule has 0 aliphatic carbocycles. The maximum atomic E-state index is 11.7. The van der Waals surface area contributed by atoms with Gasteiger partial charge in [0.05, 0.1) is 13.2 Å². The normalized spacial score (nSPS) is 17.8. The molecule has 1 rings (SSSR count). The quantitative estimate of drug-likeness (QED) is 0.631. The minimum Gasteiger partial charge on any atom is -0.395 e. The molecule has 3 N–H and O–H groups in total. The Morgan fingerprint density at radius 1 is 1.10 bits per heavy atom. The molecule has 0 radical (unpaired) electrons. The number of amides is 3. The summed E-state index contributed by atoms with van der Waals surface area (Å²) in [6, 6.07) is -0.457. The van der Waals surface area contributed by atoms with Crippen molar-refractivity contribution >= 4 is 11.9 Å². The van der Waals surface area contributed by atoms with E-state index < -0.39 is 6.03 Å². The van der Waals surface area contributed by atoms with E-state index in [9.17, 15) is 9.59 Å². The predicted octanol–water partition coefficient (Wildman–Crippen LogP) is -0.779. The van der Waals surface area contributed by atoms with E-state index in [1.165, 1.54) is 0 Å². The number of nitrogens with zero attached hydrogens (tertiary/aromatic N) is 2. The third-order valence-electron chi connectivity index (χ3n) is 2.99. The Bertz CT molecular complexity index is 333. The lowest BCUT2D eigenvalue weighted by molar-refractivity contribution is -0.121. The van der Waals surface area contributed by atoms with E-state index in [0.717, 1.165) is 26.2 Å². The molecular formula is C13H26N4O3. The summed E-state index contributed by atoms with van der Waals surface area (Å²) in [5.74, 6) is -0.289. The molecular weight excluding hydrogens is 260 g/mol. The molecule has 20 heavy (non-hydrogen) atoms. The fourth-order valence-corrected chi connectivity index (χ4v) is 2.05. The van der Waals surface area contributed by atoms with E-state index in [0.29, 0.717) is 6.54 Å². The van der Waals surface area contributed by atoms with Gasteiger partial charge in [-0.05, 0) is 20.8 Å². The Labute approximate surface area is 120 Å². The third-order valence-corrected chi connectivity index (χ3v) is 2.99. The largest absolute Gasteiger partial charge is 0.395 e. The summed E-state index contributed by atoms with van der Waals surface area (Å²) in [7, 11) is 0. The van der Waals surface area contributed by atoms with Crippen LogP contribution in [0.25, 0.3) is 0 Å². The summed E-state index contributed by atoms with van der Waals surface area (Å²) < 4.78 is 0. The van der Waals surface area contributed by atoms with Gasteiger partial charge in [0.25, 0.3) is 0 Å². The van der Waals surface area contributed by atoms with Crippen molar-refractivity contribution in [1.29, 1.82) is 0 Å². The second-order valence-corrected chi connectivity index (χ2v) is 6.09. The number of aliphatic hydroxyl groups excluding tert-OH is 1. The first kappa shape index (κ1) is 16.9. The summed E-state index contributed by atoms with van der Waals surface area (Å²) in [6.45, 7) is 9.85. The Morgan fingerprint density at radius 2 is 1.65 bits per heavy atom. The maximum absolute atomic E-state index is 11.7. The van der Waals surface area contributed by atoms with E-state index in [1.807, 2.05) is 25.7 Å². The number of hydrogen-bond acceptors (Lipinski definition) is 5. The van der Waals surface area contributed by atoms with Crippen LogP contribution in [0, 0.1) is 0 Å². The van der Waals surface area contributed by atoms with Crippen LogP contribution in [0.4, 0.5) is 4.79 Å². The first-order chi connectivity index (χ1) is 9.30. The van der Waals surface area contributed by atoms with Crippen molar-refractivity contribution in [3.05, 3.63) is 0 Å². The highest BCUT2D eigenvalue weighted by Crippen LogP contribution is 2.01. The number of carbonyl (C=O) groups is 2. The number of aliphatic hydroxyl groups is 1. The standard InChI is InChI=1S/C13H26N4O3/c1-13(2,3)15-12(20)14-11(19)10-17-6-4-16(5-7-17)8-9-18/h18H,4-10H2,1-3H3,(H2,14,15,19,20). The molecule has 1 aliphatic heterocycles. The first-order valence-electron chi connectivity index (χ1n) is 6.98. The molecule has 0 aromatic carbocycles. The average molecular weight is 286 g/mol. The average Bonchev–Trinajstić information content (AvgIpc) is 2.29. The first-order valence-corrected chi connectivity index (χ1v) is 6.98. The van der Waals surface area contributed by atoms with Gasteiger partial charge >= 0.3 is 6.03 Å². The molecule has 1 saturated heterocycles. The van der Waals surface area contributed by atoms with E-state index in [1.54, 1.807) is 0 Å². The van der Waals surface area contributed by atoms with Gasteiger partial charge in [0.1, 0.15) is 0 Å². The summed E-state index contributed by atoms with van der Waals surface area (Å²) in [5, 5.41) is 13.9. The van der Waals surface area contributed by atoms with E-state index >= 15 is 0 Å². The van der Waals surface area contributed by atoms with Crippen molar-refractivity contribution < 1.29 is 14.7 Å². The number of nitrogens with one attached hydrogen (secondary N) is 2. The summed E-state index contributed by atoms with van der Waals surface area (Å²) in [4.78, 5) is 27.5. The van der Waals surface area contributed by atoms with Crippen molar-refractivity contribution in [2.45, 2.75) is 26.3 Å². The van der Waals surface area contributed by atoms with E-state index in [4.69, 9.17) is 5.11 Å². The number of β-amino-alcohol motifs (C(OH)–C–C–N with tert-alkyl or cyclic N) is 1. The van der Waals surface area contributed by atoms with Gasteiger partial charge in [-0.25, -0.2) is 4.79 Å². The van der Waals surface area contributed by atoms with Crippen LogP contribution >= 0.6 is 0 Å². The van der Waals surface area contributed by atoms with Crippen LogP contribution in [-0.4, -0.2) is 78.3 Å². The van der Waals surface area contributed by atoms with Gasteiger partial charge in [0.15, 0.2) is 0 Å². The number of piperazine rings is 1. The number of carbonyl (C=O) groups excluding carboxylic acids is 2. The van der Waals surface area contributed by atoms with Crippen LogP contribution in [0.3, 0.4) is 0 Å². The molecule has 7 nitrogen and oxygen atoms in total. The van der Waals surface area contributed by atoms with E-state index in [2.05, 4.69) is 15.5 Å². The summed E-state index contributed by atoms with van der Waals surface area (Å²) in [5.41, 5.74) is -0.361. The molecule has 0 atom stereocenters. The lowest BCUT2D eigenvalue weighted by Crippen LogP contribution is -2.53. The van der Waals surface area contributed by atoms with Crippen LogP contribution in [-0.2, 0) is 4.79 Å². The van der Waals surface area contributed by atoms with Gasteiger partial charge < -0.3 is 10.4 Å². The Balaban J connectivity index is 2.25. The SMILES string of the molecule is CC(C)(C)NC(=O)NC(=O)CN1CCN(CCO)CC1. The second-order valence-electron chi connectivity index (χ2n) is 6.09. The van der Waals surface area contributed by atoms with Crippen molar-refractivity contribution in [2.75, 3.05) is 45.9 Å². The second kappa shape index (κ2) is 7.56. The zero-order valence-electron chi connectivity index (χ0n) is 12.6. The highest BCUT2D eigenvalue weighted by molar-refractivity contribution is 5.95. The van der Waals surface area contributed by atoms with E-state index in [-0.39, 0.29) is 24.6 Å². The number of rotatable bonds is 4. The minimum atomic E-state index is -0.457. The predicted molar refractivity (Wildman–Crippen MR) is 76.4 cm³/mol. The lowest BCUT2D eigenvalue weighted by atomic mass is 10.1. The Kier molecular flexibility index (Phi) is 6.38. The molecule has 0 spiro atoms. The molecule has 1 heterocycles. The van der Waals surface area contributed by atoms with Crippen LogP contribution < -0.4 is 10.6 Å². The van der Waals surface area contributed by atoms with Crippen LogP contribution in [0.5, 0.6) is 0 Å². The van der Waals surface area contributed by atoms with Gasteiger partial charge in [-0.3, -0.25) is 19.9 Å². The monoisotopic (exact) mass is 286 g/mol. The fraction of sp³-hybridized carbons (Fsp3) is 0.846. The Hall–Kier alpha value is -1.18. The number of hydrogen-bond donors (Lipinski definition) is 3. The highest BCUT2D eigenvalue weighted by Gasteiger charge is 2.20. The smallest absolute Gasteiger partial charge is 0.321 e. The fourth-order valence-electron chi connectivity index (χ4n) is 2.05. The molecule has 0 saturated carbocycles. The number of urea groups is 1. The molecule has 1 fully saturated rings.